The van der Waals surface area contributed by atoms with Crippen LogP contribution in [0, 0.1) is 5.92 Å². The molecule has 3 heterocycles. The standard InChI is InChI=1S/C15H18N4O4S.ClH/c1-18-14(20)11-6-10(2-3-12(11)17-15(18)21)24(22,23)19-5-4-9-7-16-8-13(9)19;/h2-3,6,9,13,16H,4-5,7-8H2,1H3,(H,17,21);1H/t9-,13+;/m0./s1. The third-order valence-corrected chi connectivity index (χ3v) is 6.99. The van der Waals surface area contributed by atoms with E-state index in [1.165, 1.54) is 29.6 Å². The van der Waals surface area contributed by atoms with E-state index in [1.54, 1.807) is 0 Å². The summed E-state index contributed by atoms with van der Waals surface area (Å²) < 4.78 is 28.5. The van der Waals surface area contributed by atoms with Gasteiger partial charge in [0, 0.05) is 26.2 Å². The third-order valence-electron chi connectivity index (χ3n) is 5.07. The van der Waals surface area contributed by atoms with Crippen molar-refractivity contribution < 1.29 is 8.42 Å². The number of hydrogen-bond acceptors (Lipinski definition) is 5. The highest BCUT2D eigenvalue weighted by Crippen LogP contribution is 2.32. The van der Waals surface area contributed by atoms with Crippen molar-refractivity contribution in [3.63, 3.8) is 0 Å². The smallest absolute Gasteiger partial charge is 0.315 e. The van der Waals surface area contributed by atoms with Crippen LogP contribution in [0.25, 0.3) is 10.9 Å². The molecule has 2 aromatic rings. The lowest BCUT2D eigenvalue weighted by Crippen LogP contribution is -2.39. The summed E-state index contributed by atoms with van der Waals surface area (Å²) in [6.07, 6.45) is 0.847. The molecule has 0 bridgehead atoms. The van der Waals surface area contributed by atoms with Crippen molar-refractivity contribution in [3.05, 3.63) is 39.0 Å². The highest BCUT2D eigenvalue weighted by atomic mass is 35.5. The maximum absolute atomic E-state index is 13.0. The van der Waals surface area contributed by atoms with Crippen molar-refractivity contribution in [2.45, 2.75) is 17.4 Å². The molecule has 8 nitrogen and oxygen atoms in total. The molecular formula is C15H19ClN4O4S. The average molecular weight is 387 g/mol. The lowest BCUT2D eigenvalue weighted by molar-refractivity contribution is 0.383. The number of H-pyrrole nitrogens is 1. The fourth-order valence-electron chi connectivity index (χ4n) is 3.69. The number of halogens is 1. The lowest BCUT2D eigenvalue weighted by Gasteiger charge is -2.23. The normalized spacial score (nSPS) is 23.6. The molecule has 4 rings (SSSR count). The fraction of sp³-hybridized carbons (Fsp3) is 0.467. The molecule has 0 amide bonds. The quantitative estimate of drug-likeness (QED) is 0.733. The Labute approximate surface area is 150 Å². The minimum absolute atomic E-state index is 0. The molecule has 136 valence electrons. The van der Waals surface area contributed by atoms with Gasteiger partial charge in [0.05, 0.1) is 15.8 Å². The van der Waals surface area contributed by atoms with Crippen LogP contribution < -0.4 is 16.6 Å². The van der Waals surface area contributed by atoms with Crippen LogP contribution in [0.3, 0.4) is 0 Å². The Hall–Kier alpha value is -1.68. The van der Waals surface area contributed by atoms with Gasteiger partial charge in [0.2, 0.25) is 10.0 Å². The predicted molar refractivity (Wildman–Crippen MR) is 95.7 cm³/mol. The molecule has 2 saturated heterocycles. The van der Waals surface area contributed by atoms with E-state index < -0.39 is 21.3 Å². The molecule has 2 N–H and O–H groups in total. The van der Waals surface area contributed by atoms with E-state index >= 15 is 0 Å². The van der Waals surface area contributed by atoms with Crippen LogP contribution in [0.1, 0.15) is 6.42 Å². The summed E-state index contributed by atoms with van der Waals surface area (Å²) in [4.78, 5) is 26.6. The molecule has 0 saturated carbocycles. The summed E-state index contributed by atoms with van der Waals surface area (Å²) in [7, 11) is -2.31. The monoisotopic (exact) mass is 386 g/mol. The molecule has 2 aliphatic heterocycles. The van der Waals surface area contributed by atoms with Crippen LogP contribution in [0.2, 0.25) is 0 Å². The number of aromatic nitrogens is 2. The number of benzene rings is 1. The Morgan fingerprint density at radius 3 is 2.72 bits per heavy atom. The second kappa shape index (κ2) is 6.24. The van der Waals surface area contributed by atoms with Crippen LogP contribution in [-0.4, -0.2) is 48.0 Å². The first-order valence-electron chi connectivity index (χ1n) is 7.85. The van der Waals surface area contributed by atoms with E-state index in [9.17, 15) is 18.0 Å². The number of sulfonamides is 1. The Kier molecular flexibility index (Phi) is 4.52. The number of fused-ring (bicyclic) bond motifs is 2. The topological polar surface area (TPSA) is 104 Å². The third kappa shape index (κ3) is 2.71. The van der Waals surface area contributed by atoms with Gasteiger partial charge in [-0.1, -0.05) is 0 Å². The molecule has 0 aliphatic carbocycles. The largest absolute Gasteiger partial charge is 0.328 e. The van der Waals surface area contributed by atoms with Crippen LogP contribution in [-0.2, 0) is 17.1 Å². The molecule has 2 aliphatic rings. The van der Waals surface area contributed by atoms with Crippen molar-refractivity contribution in [2.24, 2.45) is 13.0 Å². The molecule has 0 radical (unpaired) electrons. The molecule has 1 aromatic heterocycles. The van der Waals surface area contributed by atoms with Crippen molar-refractivity contribution in [2.75, 3.05) is 19.6 Å². The zero-order chi connectivity index (χ0) is 17.1. The van der Waals surface area contributed by atoms with Crippen molar-refractivity contribution in [1.29, 1.82) is 0 Å². The van der Waals surface area contributed by atoms with Crippen LogP contribution in [0.5, 0.6) is 0 Å². The zero-order valence-electron chi connectivity index (χ0n) is 13.6. The van der Waals surface area contributed by atoms with Gasteiger partial charge in [0.1, 0.15) is 0 Å². The Morgan fingerprint density at radius 2 is 1.96 bits per heavy atom. The summed E-state index contributed by atoms with van der Waals surface area (Å²) >= 11 is 0. The fourth-order valence-corrected chi connectivity index (χ4v) is 5.41. The number of aromatic amines is 1. The second-order valence-corrected chi connectivity index (χ2v) is 8.28. The van der Waals surface area contributed by atoms with E-state index in [1.807, 2.05) is 0 Å². The van der Waals surface area contributed by atoms with Gasteiger partial charge in [-0.15, -0.1) is 12.4 Å². The molecule has 25 heavy (non-hydrogen) atoms. The first-order valence-corrected chi connectivity index (χ1v) is 9.29. The van der Waals surface area contributed by atoms with Crippen LogP contribution in [0.15, 0.2) is 32.7 Å². The van der Waals surface area contributed by atoms with Crippen LogP contribution >= 0.6 is 12.4 Å². The van der Waals surface area contributed by atoms with Gasteiger partial charge in [0.25, 0.3) is 5.56 Å². The van der Waals surface area contributed by atoms with E-state index in [4.69, 9.17) is 0 Å². The highest BCUT2D eigenvalue weighted by molar-refractivity contribution is 7.89. The van der Waals surface area contributed by atoms with Gasteiger partial charge in [-0.25, -0.2) is 13.2 Å². The van der Waals surface area contributed by atoms with Gasteiger partial charge in [-0.2, -0.15) is 4.31 Å². The SMILES string of the molecule is Cl.Cn1c(=O)[nH]c2ccc(S(=O)(=O)N3CC[C@H]4CNC[C@H]43)cc2c1=O. The van der Waals surface area contributed by atoms with Gasteiger partial charge in [-0.05, 0) is 37.1 Å². The zero-order valence-corrected chi connectivity index (χ0v) is 15.2. The van der Waals surface area contributed by atoms with E-state index in [0.717, 1.165) is 17.5 Å². The van der Waals surface area contributed by atoms with Crippen molar-refractivity contribution >= 4 is 33.3 Å². The first-order chi connectivity index (χ1) is 11.4. The summed E-state index contributed by atoms with van der Waals surface area (Å²) in [5.74, 6) is 0.351. The number of nitrogens with one attached hydrogen (secondary N) is 2. The minimum Gasteiger partial charge on any atom is -0.315 e. The van der Waals surface area contributed by atoms with E-state index in [0.29, 0.717) is 24.5 Å². The Balaban J connectivity index is 0.00000182. The molecule has 2 fully saturated rings. The first kappa shape index (κ1) is 18.1. The second-order valence-electron chi connectivity index (χ2n) is 6.39. The predicted octanol–water partition coefficient (Wildman–Crippen LogP) is -0.369. The van der Waals surface area contributed by atoms with E-state index in [2.05, 4.69) is 10.3 Å². The van der Waals surface area contributed by atoms with Gasteiger partial charge >= 0.3 is 5.69 Å². The van der Waals surface area contributed by atoms with Crippen molar-refractivity contribution in [3.8, 4) is 0 Å². The molecular weight excluding hydrogens is 368 g/mol. The van der Waals surface area contributed by atoms with Crippen molar-refractivity contribution in [1.82, 2.24) is 19.2 Å². The number of hydrogen-bond donors (Lipinski definition) is 2. The number of nitrogens with zero attached hydrogens (tertiary/aromatic N) is 2. The van der Waals surface area contributed by atoms with Gasteiger partial charge in [0.15, 0.2) is 0 Å². The number of rotatable bonds is 2. The Bertz CT molecular complexity index is 1050. The summed E-state index contributed by atoms with van der Waals surface area (Å²) in [6, 6.07) is 4.26. The summed E-state index contributed by atoms with van der Waals surface area (Å²) in [5, 5.41) is 3.42. The maximum Gasteiger partial charge on any atom is 0.328 e. The molecule has 1 aromatic carbocycles. The Morgan fingerprint density at radius 1 is 1.20 bits per heavy atom. The molecule has 0 spiro atoms. The summed E-state index contributed by atoms with van der Waals surface area (Å²) in [6.45, 7) is 2.00. The lowest BCUT2D eigenvalue weighted by atomic mass is 10.1. The molecule has 2 atom stereocenters. The van der Waals surface area contributed by atoms with Gasteiger partial charge in [-0.3, -0.25) is 9.36 Å². The highest BCUT2D eigenvalue weighted by Gasteiger charge is 2.43. The maximum atomic E-state index is 13.0. The minimum atomic E-state index is -3.67. The summed E-state index contributed by atoms with van der Waals surface area (Å²) in [5.41, 5.74) is -0.695. The average Bonchev–Trinajstić information content (AvgIpc) is 3.15. The molecule has 10 heteroatoms. The van der Waals surface area contributed by atoms with E-state index in [-0.39, 0.29) is 28.7 Å². The van der Waals surface area contributed by atoms with Gasteiger partial charge < -0.3 is 10.3 Å². The van der Waals surface area contributed by atoms with Crippen LogP contribution in [0.4, 0.5) is 0 Å². The molecule has 0 unspecified atom stereocenters.